The first kappa shape index (κ1) is 10.2. The van der Waals surface area contributed by atoms with Gasteiger partial charge in [-0.25, -0.2) is 3.53 Å². The number of methoxy groups -OCH3 is 1. The molecule has 12 heavy (non-hydrogen) atoms. The first-order valence-corrected chi connectivity index (χ1v) is 5.29. The standard InChI is InChI=1S/C8H14INO2/c1-12-7(11)8(10-9)5-3-2-4-6-8/h10H,2-6H2,1H3. The van der Waals surface area contributed by atoms with Gasteiger partial charge in [-0.3, -0.25) is 4.79 Å². The molecule has 4 heteroatoms. The van der Waals surface area contributed by atoms with E-state index in [0.29, 0.717) is 0 Å². The third-order valence-corrected chi connectivity index (χ3v) is 3.50. The molecule has 1 aliphatic rings. The summed E-state index contributed by atoms with van der Waals surface area (Å²) in [6, 6.07) is 0. The largest absolute Gasteiger partial charge is 0.468 e. The number of ether oxygens (including phenoxy) is 1. The fourth-order valence-electron chi connectivity index (χ4n) is 1.69. The van der Waals surface area contributed by atoms with Crippen LogP contribution in [0.25, 0.3) is 0 Å². The Bertz CT molecular complexity index is 166. The minimum absolute atomic E-state index is 0.114. The van der Waals surface area contributed by atoms with Crippen LogP contribution >= 0.6 is 22.9 Å². The van der Waals surface area contributed by atoms with Crippen LogP contribution in [-0.4, -0.2) is 18.6 Å². The van der Waals surface area contributed by atoms with Crippen LogP contribution in [0.5, 0.6) is 0 Å². The highest BCUT2D eigenvalue weighted by atomic mass is 127. The van der Waals surface area contributed by atoms with E-state index in [1.807, 2.05) is 22.9 Å². The van der Waals surface area contributed by atoms with E-state index in [4.69, 9.17) is 4.74 Å². The van der Waals surface area contributed by atoms with Crippen molar-refractivity contribution in [2.75, 3.05) is 7.11 Å². The molecule has 0 aromatic carbocycles. The molecule has 0 bridgehead atoms. The number of carbonyl (C=O) groups is 1. The molecule has 3 nitrogen and oxygen atoms in total. The van der Waals surface area contributed by atoms with Gasteiger partial charge >= 0.3 is 5.97 Å². The van der Waals surface area contributed by atoms with Crippen LogP contribution in [0.4, 0.5) is 0 Å². The van der Waals surface area contributed by atoms with Crippen LogP contribution in [0, 0.1) is 0 Å². The monoisotopic (exact) mass is 283 g/mol. The summed E-state index contributed by atoms with van der Waals surface area (Å²) in [6.45, 7) is 0. The Morgan fingerprint density at radius 2 is 2.00 bits per heavy atom. The summed E-state index contributed by atoms with van der Waals surface area (Å²) in [5.41, 5.74) is -0.395. The van der Waals surface area contributed by atoms with Crippen LogP contribution in [0.15, 0.2) is 0 Å². The molecule has 0 aromatic rings. The van der Waals surface area contributed by atoms with E-state index in [0.717, 1.165) is 25.7 Å². The number of nitrogens with one attached hydrogen (secondary N) is 1. The molecule has 0 unspecified atom stereocenters. The molecule has 0 atom stereocenters. The Labute approximate surface area is 86.7 Å². The van der Waals surface area contributed by atoms with Crippen LogP contribution in [0.2, 0.25) is 0 Å². The smallest absolute Gasteiger partial charge is 0.326 e. The summed E-state index contributed by atoms with van der Waals surface area (Å²) in [4.78, 5) is 11.4. The number of hydrogen-bond donors (Lipinski definition) is 1. The van der Waals surface area contributed by atoms with Gasteiger partial charge in [0.15, 0.2) is 0 Å². The Morgan fingerprint density at radius 1 is 1.42 bits per heavy atom. The number of rotatable bonds is 2. The van der Waals surface area contributed by atoms with Crippen molar-refractivity contribution in [1.29, 1.82) is 0 Å². The Hall–Kier alpha value is 0.160. The van der Waals surface area contributed by atoms with Crippen molar-refractivity contribution in [2.24, 2.45) is 0 Å². The SMILES string of the molecule is COC(=O)C1(NI)CCCCC1. The molecule has 1 fully saturated rings. The molecule has 0 amide bonds. The minimum atomic E-state index is -0.395. The van der Waals surface area contributed by atoms with Crippen LogP contribution in [0.1, 0.15) is 32.1 Å². The van der Waals surface area contributed by atoms with Gasteiger partial charge in [0.2, 0.25) is 0 Å². The highest BCUT2D eigenvalue weighted by Gasteiger charge is 2.39. The topological polar surface area (TPSA) is 38.3 Å². The molecule has 1 saturated carbocycles. The molecular weight excluding hydrogens is 269 g/mol. The van der Waals surface area contributed by atoms with Crippen LogP contribution in [0.3, 0.4) is 0 Å². The highest BCUT2D eigenvalue weighted by Crippen LogP contribution is 2.29. The predicted molar refractivity (Wildman–Crippen MR) is 55.0 cm³/mol. The molecule has 0 saturated heterocycles. The third-order valence-electron chi connectivity index (χ3n) is 2.46. The molecule has 1 rings (SSSR count). The van der Waals surface area contributed by atoms with Gasteiger partial charge in [0, 0.05) is 22.9 Å². The van der Waals surface area contributed by atoms with Crippen molar-refractivity contribution in [3.8, 4) is 0 Å². The van der Waals surface area contributed by atoms with Gasteiger partial charge in [-0.1, -0.05) is 19.3 Å². The number of esters is 1. The maximum Gasteiger partial charge on any atom is 0.326 e. The Balaban J connectivity index is 2.66. The van der Waals surface area contributed by atoms with Crippen molar-refractivity contribution in [1.82, 2.24) is 3.53 Å². The first-order valence-electron chi connectivity index (χ1n) is 4.21. The molecule has 70 valence electrons. The quantitative estimate of drug-likeness (QED) is 0.477. The average molecular weight is 283 g/mol. The molecule has 0 radical (unpaired) electrons. The van der Waals surface area contributed by atoms with E-state index in [9.17, 15) is 4.79 Å². The average Bonchev–Trinajstić information content (AvgIpc) is 2.17. The molecular formula is C8H14INO2. The molecule has 1 N–H and O–H groups in total. The summed E-state index contributed by atoms with van der Waals surface area (Å²) < 4.78 is 7.84. The summed E-state index contributed by atoms with van der Waals surface area (Å²) in [5.74, 6) is -0.114. The van der Waals surface area contributed by atoms with Crippen molar-refractivity contribution < 1.29 is 9.53 Å². The van der Waals surface area contributed by atoms with Crippen molar-refractivity contribution in [3.05, 3.63) is 0 Å². The van der Waals surface area contributed by atoms with Gasteiger partial charge in [0.05, 0.1) is 7.11 Å². The molecule has 0 aliphatic heterocycles. The zero-order chi connectivity index (χ0) is 9.03. The van der Waals surface area contributed by atoms with Crippen LogP contribution < -0.4 is 3.53 Å². The minimum Gasteiger partial charge on any atom is -0.468 e. The fourth-order valence-corrected chi connectivity index (χ4v) is 2.45. The number of carbonyl (C=O) groups excluding carboxylic acids is 1. The summed E-state index contributed by atoms with van der Waals surface area (Å²) >= 11 is 2.05. The van der Waals surface area contributed by atoms with E-state index in [1.54, 1.807) is 0 Å². The molecule has 0 heterocycles. The number of hydrogen-bond acceptors (Lipinski definition) is 3. The number of halogens is 1. The normalized spacial score (nSPS) is 21.8. The van der Waals surface area contributed by atoms with E-state index < -0.39 is 5.54 Å². The lowest BCUT2D eigenvalue weighted by Gasteiger charge is -2.32. The maximum absolute atomic E-state index is 11.4. The van der Waals surface area contributed by atoms with Gasteiger partial charge in [-0.05, 0) is 12.8 Å². The van der Waals surface area contributed by atoms with Crippen LogP contribution in [-0.2, 0) is 9.53 Å². The van der Waals surface area contributed by atoms with E-state index in [2.05, 4.69) is 3.53 Å². The zero-order valence-electron chi connectivity index (χ0n) is 7.23. The van der Waals surface area contributed by atoms with Gasteiger partial charge in [0.1, 0.15) is 5.54 Å². The van der Waals surface area contributed by atoms with Crippen molar-refractivity contribution in [2.45, 2.75) is 37.6 Å². The second kappa shape index (κ2) is 4.41. The fraction of sp³-hybridized carbons (Fsp3) is 0.875. The lowest BCUT2D eigenvalue weighted by Crippen LogP contribution is -2.49. The summed E-state index contributed by atoms with van der Waals surface area (Å²) in [5, 5.41) is 0. The zero-order valence-corrected chi connectivity index (χ0v) is 9.39. The lowest BCUT2D eigenvalue weighted by molar-refractivity contribution is -0.148. The molecule has 1 aliphatic carbocycles. The predicted octanol–water partition coefficient (Wildman–Crippen LogP) is 1.80. The van der Waals surface area contributed by atoms with Gasteiger partial charge in [-0.2, -0.15) is 0 Å². The maximum atomic E-state index is 11.4. The third kappa shape index (κ3) is 1.90. The van der Waals surface area contributed by atoms with Gasteiger partial charge in [0.25, 0.3) is 0 Å². The highest BCUT2D eigenvalue weighted by molar-refractivity contribution is 14.1. The van der Waals surface area contributed by atoms with Crippen molar-refractivity contribution in [3.63, 3.8) is 0 Å². The van der Waals surface area contributed by atoms with E-state index >= 15 is 0 Å². The van der Waals surface area contributed by atoms with Gasteiger partial charge < -0.3 is 4.74 Å². The van der Waals surface area contributed by atoms with E-state index in [1.165, 1.54) is 13.5 Å². The second-order valence-electron chi connectivity index (χ2n) is 3.23. The second-order valence-corrected chi connectivity index (χ2v) is 3.77. The first-order chi connectivity index (χ1) is 5.75. The lowest BCUT2D eigenvalue weighted by atomic mass is 9.83. The van der Waals surface area contributed by atoms with Gasteiger partial charge in [-0.15, -0.1) is 0 Å². The molecule has 0 spiro atoms. The Morgan fingerprint density at radius 3 is 2.42 bits per heavy atom. The van der Waals surface area contributed by atoms with E-state index in [-0.39, 0.29) is 5.97 Å². The molecule has 0 aromatic heterocycles. The summed E-state index contributed by atoms with van der Waals surface area (Å²) in [6.07, 6.45) is 5.28. The summed E-state index contributed by atoms with van der Waals surface area (Å²) in [7, 11) is 1.45. The van der Waals surface area contributed by atoms with Crippen molar-refractivity contribution >= 4 is 28.8 Å². The Kier molecular flexibility index (Phi) is 3.77.